The quantitative estimate of drug-likeness (QED) is 0.793. The number of likely N-dealkylation sites (tertiary alicyclic amines) is 1. The number of hydrogen-bond acceptors (Lipinski definition) is 4. The summed E-state index contributed by atoms with van der Waals surface area (Å²) in [6.45, 7) is 9.04. The number of amides is 1. The third kappa shape index (κ3) is 4.78. The predicted molar refractivity (Wildman–Crippen MR) is 123 cm³/mol. The molecule has 2 aliphatic rings. The Bertz CT molecular complexity index is 1000. The number of carbonyl (C=O) groups excluding carboxylic acids is 1. The maximum atomic E-state index is 13.2. The molecule has 0 spiro atoms. The van der Waals surface area contributed by atoms with E-state index in [1.165, 1.54) is 0 Å². The molecule has 0 saturated carbocycles. The number of nitrogens with zero attached hydrogens (tertiary/aromatic N) is 2. The standard InChI is InChI=1S/C25H33N3O3/c1-25(2,3)12-23(29)27-14-18-11-19(16-27)22-10-9-21(24(30)28(22)15-18)26-13-17-5-7-20(31-4)8-6-17/h5-10,18-19,26H,11-16H2,1-4H3/t18-,19-/m1/s1. The fourth-order valence-electron chi connectivity index (χ4n) is 4.79. The summed E-state index contributed by atoms with van der Waals surface area (Å²) in [6, 6.07) is 11.8. The van der Waals surface area contributed by atoms with E-state index in [0.29, 0.717) is 37.7 Å². The average Bonchev–Trinajstić information content (AvgIpc) is 2.73. The van der Waals surface area contributed by atoms with Crippen LogP contribution in [0.25, 0.3) is 0 Å². The smallest absolute Gasteiger partial charge is 0.274 e. The van der Waals surface area contributed by atoms with Crippen molar-refractivity contribution in [3.8, 4) is 5.75 Å². The molecule has 31 heavy (non-hydrogen) atoms. The van der Waals surface area contributed by atoms with E-state index < -0.39 is 0 Å². The molecule has 6 heteroatoms. The molecule has 0 radical (unpaired) electrons. The van der Waals surface area contributed by atoms with Gasteiger partial charge in [-0.25, -0.2) is 0 Å². The number of carbonyl (C=O) groups is 1. The molecule has 166 valence electrons. The van der Waals surface area contributed by atoms with Gasteiger partial charge in [0.25, 0.3) is 5.56 Å². The highest BCUT2D eigenvalue weighted by Gasteiger charge is 2.37. The number of piperidine rings is 1. The number of benzene rings is 1. The van der Waals surface area contributed by atoms with Crippen LogP contribution in [0.5, 0.6) is 5.75 Å². The van der Waals surface area contributed by atoms with Crippen LogP contribution >= 0.6 is 0 Å². The molecule has 1 N–H and O–H groups in total. The summed E-state index contributed by atoms with van der Waals surface area (Å²) >= 11 is 0. The van der Waals surface area contributed by atoms with Crippen molar-refractivity contribution in [2.24, 2.45) is 11.3 Å². The fraction of sp³-hybridized carbons (Fsp3) is 0.520. The van der Waals surface area contributed by atoms with Crippen molar-refractivity contribution < 1.29 is 9.53 Å². The van der Waals surface area contributed by atoms with E-state index in [0.717, 1.165) is 30.0 Å². The van der Waals surface area contributed by atoms with Gasteiger partial charge in [0, 0.05) is 44.2 Å². The first-order chi connectivity index (χ1) is 14.7. The second kappa shape index (κ2) is 8.40. The monoisotopic (exact) mass is 423 g/mol. The summed E-state index contributed by atoms with van der Waals surface area (Å²) in [7, 11) is 1.65. The van der Waals surface area contributed by atoms with Crippen molar-refractivity contribution in [2.75, 3.05) is 25.5 Å². The Hall–Kier alpha value is -2.76. The van der Waals surface area contributed by atoms with Gasteiger partial charge in [0.2, 0.25) is 5.91 Å². The normalized spacial score (nSPS) is 20.2. The summed E-state index contributed by atoms with van der Waals surface area (Å²) in [5.74, 6) is 1.62. The largest absolute Gasteiger partial charge is 0.497 e. The molecule has 1 aromatic heterocycles. The van der Waals surface area contributed by atoms with Crippen molar-refractivity contribution in [1.29, 1.82) is 0 Å². The van der Waals surface area contributed by atoms with Gasteiger partial charge in [-0.05, 0) is 47.6 Å². The molecule has 0 unspecified atom stereocenters. The summed E-state index contributed by atoms with van der Waals surface area (Å²) in [6.07, 6.45) is 1.62. The van der Waals surface area contributed by atoms with Gasteiger partial charge in [0.15, 0.2) is 0 Å². The van der Waals surface area contributed by atoms with Crippen LogP contribution in [0.15, 0.2) is 41.2 Å². The number of anilines is 1. The van der Waals surface area contributed by atoms with Crippen LogP contribution in [0.1, 0.15) is 50.8 Å². The minimum Gasteiger partial charge on any atom is -0.497 e. The second-order valence-corrected chi connectivity index (χ2v) is 10.1. The number of nitrogens with one attached hydrogen (secondary N) is 1. The molecule has 1 aromatic carbocycles. The van der Waals surface area contributed by atoms with Crippen LogP contribution in [0.4, 0.5) is 5.69 Å². The summed E-state index contributed by atoms with van der Waals surface area (Å²) in [5, 5.41) is 3.30. The van der Waals surface area contributed by atoms with Crippen molar-refractivity contribution in [3.05, 3.63) is 58.0 Å². The topological polar surface area (TPSA) is 63.6 Å². The molecule has 6 nitrogen and oxygen atoms in total. The molecule has 2 aromatic rings. The number of ether oxygens (including phenoxy) is 1. The minimum atomic E-state index is -0.0110. The lowest BCUT2D eigenvalue weighted by Gasteiger charge is -2.43. The average molecular weight is 424 g/mol. The van der Waals surface area contributed by atoms with Crippen LogP contribution in [-0.4, -0.2) is 35.6 Å². The zero-order chi connectivity index (χ0) is 22.2. The molecule has 4 rings (SSSR count). The highest BCUT2D eigenvalue weighted by Crippen LogP contribution is 2.36. The third-order valence-electron chi connectivity index (χ3n) is 6.28. The second-order valence-electron chi connectivity index (χ2n) is 10.1. The lowest BCUT2D eigenvalue weighted by Crippen LogP contribution is -2.49. The van der Waals surface area contributed by atoms with Crippen LogP contribution in [0, 0.1) is 11.3 Å². The van der Waals surface area contributed by atoms with E-state index in [9.17, 15) is 9.59 Å². The first kappa shape index (κ1) is 21.5. The fourth-order valence-corrected chi connectivity index (χ4v) is 4.79. The van der Waals surface area contributed by atoms with Crippen molar-refractivity contribution in [1.82, 2.24) is 9.47 Å². The van der Waals surface area contributed by atoms with Gasteiger partial charge in [-0.15, -0.1) is 0 Å². The molecule has 1 saturated heterocycles. The van der Waals surface area contributed by atoms with Crippen LogP contribution < -0.4 is 15.6 Å². The number of pyridine rings is 1. The first-order valence-electron chi connectivity index (χ1n) is 11.1. The van der Waals surface area contributed by atoms with Crippen molar-refractivity contribution >= 4 is 11.6 Å². The maximum Gasteiger partial charge on any atom is 0.274 e. The lowest BCUT2D eigenvalue weighted by molar-refractivity contribution is -0.135. The Labute approximate surface area is 184 Å². The van der Waals surface area contributed by atoms with Crippen LogP contribution in [0.3, 0.4) is 0 Å². The molecule has 2 aliphatic heterocycles. The number of aromatic nitrogens is 1. The number of hydrogen-bond donors (Lipinski definition) is 1. The molecule has 3 heterocycles. The SMILES string of the molecule is COc1ccc(CNc2ccc3n(c2=O)C[C@@H]2C[C@@H]3CN(C(=O)CC(C)(C)C)C2)cc1. The van der Waals surface area contributed by atoms with Gasteiger partial charge < -0.3 is 19.5 Å². The Morgan fingerprint density at radius 1 is 1.10 bits per heavy atom. The summed E-state index contributed by atoms with van der Waals surface area (Å²) in [4.78, 5) is 28.0. The zero-order valence-corrected chi connectivity index (χ0v) is 19.0. The molecular formula is C25H33N3O3. The van der Waals surface area contributed by atoms with Gasteiger partial charge in [-0.1, -0.05) is 32.9 Å². The van der Waals surface area contributed by atoms with Gasteiger partial charge in [-0.2, -0.15) is 0 Å². The Morgan fingerprint density at radius 3 is 2.52 bits per heavy atom. The van der Waals surface area contributed by atoms with Crippen molar-refractivity contribution in [2.45, 2.75) is 52.6 Å². The van der Waals surface area contributed by atoms with E-state index in [1.807, 2.05) is 39.8 Å². The Kier molecular flexibility index (Phi) is 5.82. The minimum absolute atomic E-state index is 0.0110. The Balaban J connectivity index is 1.48. The van der Waals surface area contributed by atoms with Gasteiger partial charge >= 0.3 is 0 Å². The number of rotatable bonds is 5. The molecule has 2 atom stereocenters. The maximum absolute atomic E-state index is 13.2. The molecular weight excluding hydrogens is 390 g/mol. The van der Waals surface area contributed by atoms with E-state index in [2.05, 4.69) is 32.2 Å². The molecule has 1 fully saturated rings. The van der Waals surface area contributed by atoms with Gasteiger partial charge in [0.1, 0.15) is 11.4 Å². The summed E-state index contributed by atoms with van der Waals surface area (Å²) in [5.41, 5.74) is 2.80. The van der Waals surface area contributed by atoms with E-state index in [1.54, 1.807) is 7.11 Å². The first-order valence-corrected chi connectivity index (χ1v) is 11.1. The highest BCUT2D eigenvalue weighted by molar-refractivity contribution is 5.77. The predicted octanol–water partition coefficient (Wildman–Crippen LogP) is 3.85. The van der Waals surface area contributed by atoms with E-state index >= 15 is 0 Å². The third-order valence-corrected chi connectivity index (χ3v) is 6.28. The van der Waals surface area contributed by atoms with Gasteiger partial charge in [-0.3, -0.25) is 9.59 Å². The van der Waals surface area contributed by atoms with Crippen LogP contribution in [-0.2, 0) is 17.9 Å². The Morgan fingerprint density at radius 2 is 1.84 bits per heavy atom. The van der Waals surface area contributed by atoms with Crippen molar-refractivity contribution in [3.63, 3.8) is 0 Å². The lowest BCUT2D eigenvalue weighted by atomic mass is 9.82. The van der Waals surface area contributed by atoms with Crippen LogP contribution in [0.2, 0.25) is 0 Å². The number of fused-ring (bicyclic) bond motifs is 4. The molecule has 0 aliphatic carbocycles. The zero-order valence-electron chi connectivity index (χ0n) is 19.0. The number of methoxy groups -OCH3 is 1. The van der Waals surface area contributed by atoms with Gasteiger partial charge in [0.05, 0.1) is 7.11 Å². The summed E-state index contributed by atoms with van der Waals surface area (Å²) < 4.78 is 7.13. The highest BCUT2D eigenvalue weighted by atomic mass is 16.5. The molecule has 2 bridgehead atoms. The van der Waals surface area contributed by atoms with E-state index in [4.69, 9.17) is 4.74 Å². The molecule has 1 amide bonds. The van der Waals surface area contributed by atoms with E-state index in [-0.39, 0.29) is 22.8 Å².